The Morgan fingerprint density at radius 1 is 1.05 bits per heavy atom. The third-order valence-corrected chi connectivity index (χ3v) is 4.38. The minimum atomic E-state index is 0.0592. The van der Waals surface area contributed by atoms with Crippen molar-refractivity contribution in [3.05, 3.63) is 46.9 Å². The highest BCUT2D eigenvalue weighted by Gasteiger charge is 2.16. The van der Waals surface area contributed by atoms with Crippen molar-refractivity contribution in [2.45, 2.75) is 38.6 Å². The average Bonchev–Trinajstić information content (AvgIpc) is 3.08. The number of unbranched alkanes of at least 4 members (excludes halogenated alkanes) is 1. The van der Waals surface area contributed by atoms with Crippen LogP contribution >= 0.6 is 0 Å². The summed E-state index contributed by atoms with van der Waals surface area (Å²) in [6, 6.07) is 9.63. The normalized spacial score (nSPS) is 14.6. The number of amides is 1. The standard InChI is InChI=1S/C18H22N2O2/c21-17(19-11-5-6-12-19)9-3-4-13-20-14-10-15-7-1-2-8-16(15)18(20)22/h1-2,7-8,10,14H,3-6,9,11-13H2. The van der Waals surface area contributed by atoms with Crippen molar-refractivity contribution in [2.75, 3.05) is 13.1 Å². The molecule has 3 rings (SSSR count). The lowest BCUT2D eigenvalue weighted by molar-refractivity contribution is -0.130. The summed E-state index contributed by atoms with van der Waals surface area (Å²) in [5.41, 5.74) is 0.0592. The van der Waals surface area contributed by atoms with Gasteiger partial charge in [-0.05, 0) is 43.2 Å². The maximum atomic E-state index is 12.4. The quantitative estimate of drug-likeness (QED) is 0.797. The number of benzene rings is 1. The molecule has 1 aromatic carbocycles. The maximum absolute atomic E-state index is 12.4. The molecule has 1 saturated heterocycles. The van der Waals surface area contributed by atoms with E-state index in [4.69, 9.17) is 0 Å². The van der Waals surface area contributed by atoms with Crippen LogP contribution in [0, 0.1) is 0 Å². The predicted octanol–water partition coefficient (Wildman–Crippen LogP) is 2.79. The summed E-state index contributed by atoms with van der Waals surface area (Å²) in [6.45, 7) is 2.52. The second kappa shape index (κ2) is 6.77. The molecule has 0 atom stereocenters. The maximum Gasteiger partial charge on any atom is 0.258 e. The third-order valence-electron chi connectivity index (χ3n) is 4.38. The molecule has 0 bridgehead atoms. The molecule has 0 radical (unpaired) electrons. The van der Waals surface area contributed by atoms with Gasteiger partial charge in [-0.15, -0.1) is 0 Å². The van der Waals surface area contributed by atoms with E-state index in [2.05, 4.69) is 0 Å². The summed E-state index contributed by atoms with van der Waals surface area (Å²) in [5, 5.41) is 1.74. The molecule has 1 aliphatic heterocycles. The molecule has 1 fully saturated rings. The van der Waals surface area contributed by atoms with Crippen molar-refractivity contribution < 1.29 is 4.79 Å². The molecule has 22 heavy (non-hydrogen) atoms. The molecule has 1 aromatic heterocycles. The van der Waals surface area contributed by atoms with E-state index in [0.717, 1.165) is 49.5 Å². The first-order chi connectivity index (χ1) is 10.8. The Morgan fingerprint density at radius 2 is 1.82 bits per heavy atom. The molecule has 0 N–H and O–H groups in total. The van der Waals surface area contributed by atoms with Crippen LogP contribution in [0.4, 0.5) is 0 Å². The van der Waals surface area contributed by atoms with Gasteiger partial charge in [0, 0.05) is 37.6 Å². The molecule has 0 unspecified atom stereocenters. The van der Waals surface area contributed by atoms with Gasteiger partial charge >= 0.3 is 0 Å². The molecule has 1 aliphatic rings. The first-order valence-corrected chi connectivity index (χ1v) is 8.12. The summed E-state index contributed by atoms with van der Waals surface area (Å²) in [7, 11) is 0. The molecule has 116 valence electrons. The Morgan fingerprint density at radius 3 is 2.64 bits per heavy atom. The minimum Gasteiger partial charge on any atom is -0.343 e. The van der Waals surface area contributed by atoms with Crippen LogP contribution in [-0.2, 0) is 11.3 Å². The van der Waals surface area contributed by atoms with Gasteiger partial charge in [-0.1, -0.05) is 18.2 Å². The largest absolute Gasteiger partial charge is 0.343 e. The molecule has 4 nitrogen and oxygen atoms in total. The Hall–Kier alpha value is -2.10. The van der Waals surface area contributed by atoms with Crippen LogP contribution in [-0.4, -0.2) is 28.5 Å². The van der Waals surface area contributed by atoms with E-state index in [1.165, 1.54) is 0 Å². The van der Waals surface area contributed by atoms with Crippen LogP contribution < -0.4 is 5.56 Å². The first-order valence-electron chi connectivity index (χ1n) is 8.12. The van der Waals surface area contributed by atoms with Gasteiger partial charge in [-0.2, -0.15) is 0 Å². The second-order valence-electron chi connectivity index (χ2n) is 5.95. The van der Waals surface area contributed by atoms with Gasteiger partial charge in [0.2, 0.25) is 5.91 Å². The monoisotopic (exact) mass is 298 g/mol. The van der Waals surface area contributed by atoms with Crippen molar-refractivity contribution >= 4 is 16.7 Å². The van der Waals surface area contributed by atoms with Crippen molar-refractivity contribution in [1.29, 1.82) is 0 Å². The number of fused-ring (bicyclic) bond motifs is 1. The van der Waals surface area contributed by atoms with E-state index >= 15 is 0 Å². The smallest absolute Gasteiger partial charge is 0.258 e. The average molecular weight is 298 g/mol. The van der Waals surface area contributed by atoms with Crippen LogP contribution in [0.25, 0.3) is 10.8 Å². The topological polar surface area (TPSA) is 42.3 Å². The van der Waals surface area contributed by atoms with E-state index in [9.17, 15) is 9.59 Å². The predicted molar refractivity (Wildman–Crippen MR) is 87.9 cm³/mol. The van der Waals surface area contributed by atoms with Gasteiger partial charge in [-0.25, -0.2) is 0 Å². The summed E-state index contributed by atoms with van der Waals surface area (Å²) in [5.74, 6) is 0.267. The highest BCUT2D eigenvalue weighted by molar-refractivity contribution is 5.81. The van der Waals surface area contributed by atoms with Crippen LogP contribution in [0.5, 0.6) is 0 Å². The SMILES string of the molecule is O=C(CCCCn1ccc2ccccc2c1=O)N1CCCC1. The summed E-state index contributed by atoms with van der Waals surface area (Å²) in [6.07, 6.45) is 6.43. The van der Waals surface area contributed by atoms with Gasteiger partial charge in [0.15, 0.2) is 0 Å². The molecular formula is C18H22N2O2. The zero-order valence-electron chi connectivity index (χ0n) is 12.8. The minimum absolute atomic E-state index is 0.0592. The molecule has 2 heterocycles. The first kappa shape index (κ1) is 14.8. The van der Waals surface area contributed by atoms with E-state index < -0.39 is 0 Å². The number of likely N-dealkylation sites (tertiary alicyclic amines) is 1. The molecule has 1 amide bonds. The third kappa shape index (κ3) is 3.21. The molecule has 4 heteroatoms. The van der Waals surface area contributed by atoms with E-state index in [-0.39, 0.29) is 11.5 Å². The lowest BCUT2D eigenvalue weighted by atomic mass is 10.1. The van der Waals surface area contributed by atoms with Gasteiger partial charge in [-0.3, -0.25) is 9.59 Å². The van der Waals surface area contributed by atoms with Gasteiger partial charge < -0.3 is 9.47 Å². The number of nitrogens with zero attached hydrogens (tertiary/aromatic N) is 2. The number of rotatable bonds is 5. The van der Waals surface area contributed by atoms with E-state index in [1.54, 1.807) is 4.57 Å². The lowest BCUT2D eigenvalue weighted by Gasteiger charge is -2.15. The van der Waals surface area contributed by atoms with Crippen LogP contribution in [0.15, 0.2) is 41.3 Å². The second-order valence-corrected chi connectivity index (χ2v) is 5.95. The van der Waals surface area contributed by atoms with Crippen molar-refractivity contribution in [2.24, 2.45) is 0 Å². The van der Waals surface area contributed by atoms with Crippen molar-refractivity contribution in [3.63, 3.8) is 0 Å². The van der Waals surface area contributed by atoms with Gasteiger partial charge in [0.05, 0.1) is 0 Å². The number of carbonyl (C=O) groups excluding carboxylic acids is 1. The fourth-order valence-corrected chi connectivity index (χ4v) is 3.09. The van der Waals surface area contributed by atoms with Crippen molar-refractivity contribution in [3.8, 4) is 0 Å². The Kier molecular flexibility index (Phi) is 4.56. The number of pyridine rings is 1. The zero-order chi connectivity index (χ0) is 15.4. The number of hydrogen-bond acceptors (Lipinski definition) is 2. The fourth-order valence-electron chi connectivity index (χ4n) is 3.09. The number of aromatic nitrogens is 1. The molecule has 0 saturated carbocycles. The number of hydrogen-bond donors (Lipinski definition) is 0. The molecule has 2 aromatic rings. The lowest BCUT2D eigenvalue weighted by Crippen LogP contribution is -2.27. The summed E-state index contributed by atoms with van der Waals surface area (Å²) >= 11 is 0. The molecular weight excluding hydrogens is 276 g/mol. The highest BCUT2D eigenvalue weighted by atomic mass is 16.2. The molecule has 0 aliphatic carbocycles. The van der Waals surface area contributed by atoms with Crippen LogP contribution in [0.1, 0.15) is 32.1 Å². The van der Waals surface area contributed by atoms with Crippen LogP contribution in [0.2, 0.25) is 0 Å². The van der Waals surface area contributed by atoms with Crippen molar-refractivity contribution in [1.82, 2.24) is 9.47 Å². The molecule has 0 spiro atoms. The van der Waals surface area contributed by atoms with Crippen LogP contribution in [0.3, 0.4) is 0 Å². The Bertz CT molecular complexity index is 714. The number of carbonyl (C=O) groups is 1. The number of aryl methyl sites for hydroxylation is 1. The van der Waals surface area contributed by atoms with Gasteiger partial charge in [0.1, 0.15) is 0 Å². The Balaban J connectivity index is 1.54. The fraction of sp³-hybridized carbons (Fsp3) is 0.444. The summed E-state index contributed by atoms with van der Waals surface area (Å²) < 4.78 is 1.75. The summed E-state index contributed by atoms with van der Waals surface area (Å²) in [4.78, 5) is 26.3. The highest BCUT2D eigenvalue weighted by Crippen LogP contribution is 2.11. The van der Waals surface area contributed by atoms with Gasteiger partial charge in [0.25, 0.3) is 5.56 Å². The van der Waals surface area contributed by atoms with E-state index in [1.807, 2.05) is 41.4 Å². The zero-order valence-corrected chi connectivity index (χ0v) is 12.8. The van der Waals surface area contributed by atoms with E-state index in [0.29, 0.717) is 13.0 Å². The Labute approximate surface area is 130 Å².